The van der Waals surface area contributed by atoms with Gasteiger partial charge in [-0.25, -0.2) is 0 Å². The van der Waals surface area contributed by atoms with E-state index in [1.807, 2.05) is 0 Å². The molecule has 4 rings (SSSR count). The van der Waals surface area contributed by atoms with Gasteiger partial charge in [0.2, 0.25) is 0 Å². The second-order valence-electron chi connectivity index (χ2n) is 7.41. The maximum Gasteiger partial charge on any atom is 0.00695 e. The standard InChI is InChI=1S/C16H29N/c1-4-17-12(3)11(2)16-8-13-5-14(9-16)7-15(6-13)10-16/h11-15,17H,4-10H2,1-3H3. The van der Waals surface area contributed by atoms with Crippen LogP contribution in [0.1, 0.15) is 59.3 Å². The first-order valence-electron chi connectivity index (χ1n) is 7.86. The van der Waals surface area contributed by atoms with Crippen LogP contribution in [0.2, 0.25) is 0 Å². The molecule has 4 aliphatic rings. The molecule has 4 saturated carbocycles. The predicted octanol–water partition coefficient (Wildman–Crippen LogP) is 3.84. The van der Waals surface area contributed by atoms with Crippen molar-refractivity contribution in [1.82, 2.24) is 5.32 Å². The second kappa shape index (κ2) is 4.26. The molecule has 0 heterocycles. The molecule has 2 atom stereocenters. The zero-order valence-corrected chi connectivity index (χ0v) is 11.8. The summed E-state index contributed by atoms with van der Waals surface area (Å²) in [4.78, 5) is 0. The molecule has 0 spiro atoms. The van der Waals surface area contributed by atoms with Crippen LogP contribution in [0.15, 0.2) is 0 Å². The van der Waals surface area contributed by atoms with Crippen LogP contribution >= 0.6 is 0 Å². The Morgan fingerprint density at radius 3 is 1.88 bits per heavy atom. The van der Waals surface area contributed by atoms with Crippen LogP contribution in [-0.2, 0) is 0 Å². The summed E-state index contributed by atoms with van der Waals surface area (Å²) in [5, 5.41) is 3.67. The van der Waals surface area contributed by atoms with Crippen LogP contribution in [-0.4, -0.2) is 12.6 Å². The van der Waals surface area contributed by atoms with Crippen molar-refractivity contribution in [2.75, 3.05) is 6.54 Å². The molecule has 1 heteroatoms. The molecular formula is C16H29N. The van der Waals surface area contributed by atoms with Crippen molar-refractivity contribution in [3.63, 3.8) is 0 Å². The summed E-state index contributed by atoms with van der Waals surface area (Å²) < 4.78 is 0. The fourth-order valence-electron chi connectivity index (χ4n) is 5.76. The van der Waals surface area contributed by atoms with Gasteiger partial charge >= 0.3 is 0 Å². The van der Waals surface area contributed by atoms with Gasteiger partial charge in [-0.15, -0.1) is 0 Å². The van der Waals surface area contributed by atoms with Crippen LogP contribution < -0.4 is 5.32 Å². The highest BCUT2D eigenvalue weighted by atomic mass is 14.9. The first-order chi connectivity index (χ1) is 8.13. The third-order valence-corrected chi connectivity index (χ3v) is 6.33. The van der Waals surface area contributed by atoms with Crippen molar-refractivity contribution in [3.8, 4) is 0 Å². The lowest BCUT2D eigenvalue weighted by Gasteiger charge is -2.60. The zero-order chi connectivity index (χ0) is 12.0. The second-order valence-corrected chi connectivity index (χ2v) is 7.41. The van der Waals surface area contributed by atoms with E-state index in [0.717, 1.165) is 35.6 Å². The van der Waals surface area contributed by atoms with Gasteiger partial charge in [0.15, 0.2) is 0 Å². The van der Waals surface area contributed by atoms with Gasteiger partial charge in [0.1, 0.15) is 0 Å². The van der Waals surface area contributed by atoms with Crippen LogP contribution in [0, 0.1) is 29.1 Å². The Balaban J connectivity index is 1.77. The Morgan fingerprint density at radius 2 is 1.47 bits per heavy atom. The number of hydrogen-bond donors (Lipinski definition) is 1. The summed E-state index contributed by atoms with van der Waals surface area (Å²) in [5.74, 6) is 4.16. The minimum atomic E-state index is 0.705. The minimum absolute atomic E-state index is 0.705. The van der Waals surface area contributed by atoms with E-state index in [-0.39, 0.29) is 0 Å². The van der Waals surface area contributed by atoms with Gasteiger partial charge in [0, 0.05) is 6.04 Å². The lowest BCUT2D eigenvalue weighted by molar-refractivity contribution is -0.0894. The number of hydrogen-bond acceptors (Lipinski definition) is 1. The molecule has 0 aromatic rings. The van der Waals surface area contributed by atoms with Crippen LogP contribution in [0.3, 0.4) is 0 Å². The van der Waals surface area contributed by atoms with Gasteiger partial charge in [0.25, 0.3) is 0 Å². The van der Waals surface area contributed by atoms with E-state index < -0.39 is 0 Å². The van der Waals surface area contributed by atoms with E-state index in [2.05, 4.69) is 26.1 Å². The maximum atomic E-state index is 3.67. The third-order valence-electron chi connectivity index (χ3n) is 6.33. The van der Waals surface area contributed by atoms with Gasteiger partial charge in [0.05, 0.1) is 0 Å². The van der Waals surface area contributed by atoms with Crippen molar-refractivity contribution in [2.24, 2.45) is 29.1 Å². The van der Waals surface area contributed by atoms with Crippen LogP contribution in [0.4, 0.5) is 0 Å². The minimum Gasteiger partial charge on any atom is -0.314 e. The van der Waals surface area contributed by atoms with E-state index in [9.17, 15) is 0 Å². The van der Waals surface area contributed by atoms with Crippen molar-refractivity contribution in [2.45, 2.75) is 65.3 Å². The molecule has 1 nitrogen and oxygen atoms in total. The maximum absolute atomic E-state index is 3.67. The molecule has 17 heavy (non-hydrogen) atoms. The summed E-state index contributed by atoms with van der Waals surface area (Å²) in [5.41, 5.74) is 0.719. The molecule has 2 unspecified atom stereocenters. The first-order valence-corrected chi connectivity index (χ1v) is 7.86. The monoisotopic (exact) mass is 235 g/mol. The van der Waals surface area contributed by atoms with Gasteiger partial charge in [-0.1, -0.05) is 13.8 Å². The Morgan fingerprint density at radius 1 is 1.00 bits per heavy atom. The quantitative estimate of drug-likeness (QED) is 0.781. The summed E-state index contributed by atoms with van der Waals surface area (Å²) in [6.45, 7) is 8.30. The van der Waals surface area contributed by atoms with Crippen LogP contribution in [0.5, 0.6) is 0 Å². The summed E-state index contributed by atoms with van der Waals surface area (Å²) in [6.07, 6.45) is 9.37. The summed E-state index contributed by atoms with van der Waals surface area (Å²) >= 11 is 0. The fourth-order valence-corrected chi connectivity index (χ4v) is 5.76. The smallest absolute Gasteiger partial charge is 0.00695 e. The molecule has 1 N–H and O–H groups in total. The molecule has 0 amide bonds. The van der Waals surface area contributed by atoms with E-state index in [1.54, 1.807) is 38.5 Å². The lowest BCUT2D eigenvalue weighted by atomic mass is 9.46. The van der Waals surface area contributed by atoms with Crippen LogP contribution in [0.25, 0.3) is 0 Å². The molecule has 0 aromatic carbocycles. The fraction of sp³-hybridized carbons (Fsp3) is 1.00. The molecule has 0 saturated heterocycles. The summed E-state index contributed by atoms with van der Waals surface area (Å²) in [6, 6.07) is 0.705. The molecule has 4 fully saturated rings. The van der Waals surface area contributed by atoms with Gasteiger partial charge in [-0.05, 0) is 81.1 Å². The molecule has 98 valence electrons. The Bertz CT molecular complexity index is 248. The molecule has 4 aliphatic carbocycles. The lowest BCUT2D eigenvalue weighted by Crippen LogP contribution is -2.53. The number of rotatable bonds is 4. The molecule has 0 radical (unpaired) electrons. The first kappa shape index (κ1) is 12.0. The Kier molecular flexibility index (Phi) is 3.01. The van der Waals surface area contributed by atoms with E-state index in [4.69, 9.17) is 0 Å². The van der Waals surface area contributed by atoms with Crippen molar-refractivity contribution in [3.05, 3.63) is 0 Å². The van der Waals surface area contributed by atoms with Crippen molar-refractivity contribution in [1.29, 1.82) is 0 Å². The molecule has 0 aliphatic heterocycles. The van der Waals surface area contributed by atoms with Gasteiger partial charge in [-0.2, -0.15) is 0 Å². The average Bonchev–Trinajstić information content (AvgIpc) is 2.26. The zero-order valence-electron chi connectivity index (χ0n) is 11.8. The van der Waals surface area contributed by atoms with Gasteiger partial charge < -0.3 is 5.32 Å². The van der Waals surface area contributed by atoms with E-state index in [1.165, 1.54) is 0 Å². The number of nitrogens with one attached hydrogen (secondary N) is 1. The normalized spacial score (nSPS) is 47.1. The SMILES string of the molecule is CCNC(C)C(C)C12CC3CC(CC(C3)C1)C2. The highest BCUT2D eigenvalue weighted by Crippen LogP contribution is 2.63. The third kappa shape index (κ3) is 1.95. The largest absolute Gasteiger partial charge is 0.314 e. The Hall–Kier alpha value is -0.0400. The predicted molar refractivity (Wildman–Crippen MR) is 72.9 cm³/mol. The highest BCUT2D eigenvalue weighted by Gasteiger charge is 2.53. The molecule has 4 bridgehead atoms. The summed E-state index contributed by atoms with van der Waals surface area (Å²) in [7, 11) is 0. The molecule has 0 aromatic heterocycles. The van der Waals surface area contributed by atoms with Gasteiger partial charge in [-0.3, -0.25) is 0 Å². The van der Waals surface area contributed by atoms with Crippen molar-refractivity contribution < 1.29 is 0 Å². The highest BCUT2D eigenvalue weighted by molar-refractivity contribution is 5.04. The van der Waals surface area contributed by atoms with E-state index >= 15 is 0 Å². The Labute approximate surface area is 107 Å². The topological polar surface area (TPSA) is 12.0 Å². The van der Waals surface area contributed by atoms with Crippen molar-refractivity contribution >= 4 is 0 Å². The van der Waals surface area contributed by atoms with E-state index in [0.29, 0.717) is 6.04 Å². The average molecular weight is 235 g/mol. The molecular weight excluding hydrogens is 206 g/mol.